The third-order valence-corrected chi connectivity index (χ3v) is 4.54. The van der Waals surface area contributed by atoms with Crippen LogP contribution in [0.15, 0.2) is 60.7 Å². The summed E-state index contributed by atoms with van der Waals surface area (Å²) in [6.45, 7) is 0. The maximum atomic E-state index is 9.72. The van der Waals surface area contributed by atoms with Gasteiger partial charge in [-0.25, -0.2) is 0 Å². The number of ether oxygens (including phenoxy) is 1. The molecule has 23 heavy (non-hydrogen) atoms. The maximum Gasteiger partial charge on any atom is 0.120 e. The molecule has 0 amide bonds. The highest BCUT2D eigenvalue weighted by Gasteiger charge is 2.34. The summed E-state index contributed by atoms with van der Waals surface area (Å²) in [5, 5.41) is 15.6. The highest BCUT2D eigenvalue weighted by atomic mass is 16.5. The van der Waals surface area contributed by atoms with Gasteiger partial charge in [-0.3, -0.25) is 0 Å². The minimum atomic E-state index is -0.207. The van der Waals surface area contributed by atoms with Crippen molar-refractivity contribution in [1.82, 2.24) is 0 Å². The lowest BCUT2D eigenvalue weighted by atomic mass is 9.89. The maximum absolute atomic E-state index is 9.72. The first-order valence-electron chi connectivity index (χ1n) is 7.63. The topological polar surface area (TPSA) is 45.0 Å². The zero-order valence-corrected chi connectivity index (χ0v) is 12.8. The Labute approximate surface area is 135 Å². The Balaban J connectivity index is 1.85. The first-order chi connectivity index (χ1) is 11.3. The molecule has 0 bridgehead atoms. The summed E-state index contributed by atoms with van der Waals surface area (Å²) in [5.41, 5.74) is 3.17. The van der Waals surface area contributed by atoms with Gasteiger partial charge in [0.15, 0.2) is 0 Å². The second-order valence-electron chi connectivity index (χ2n) is 5.75. The largest absolute Gasteiger partial charge is 0.497 e. The van der Waals surface area contributed by atoms with Crippen molar-refractivity contribution in [3.05, 3.63) is 71.8 Å². The summed E-state index contributed by atoms with van der Waals surface area (Å²) < 4.78 is 5.30. The number of anilines is 1. The fraction of sp³-hybridized carbons (Fsp3) is 0.150. The van der Waals surface area contributed by atoms with E-state index in [9.17, 15) is 5.26 Å². The molecule has 3 aromatic carbocycles. The van der Waals surface area contributed by atoms with Gasteiger partial charge in [0.05, 0.1) is 25.1 Å². The Morgan fingerprint density at radius 2 is 1.83 bits per heavy atom. The second-order valence-corrected chi connectivity index (χ2v) is 5.75. The van der Waals surface area contributed by atoms with Gasteiger partial charge >= 0.3 is 0 Å². The van der Waals surface area contributed by atoms with E-state index in [2.05, 4.69) is 41.7 Å². The Morgan fingerprint density at radius 1 is 1.00 bits per heavy atom. The van der Waals surface area contributed by atoms with E-state index < -0.39 is 0 Å². The van der Waals surface area contributed by atoms with Crippen molar-refractivity contribution in [2.75, 3.05) is 12.4 Å². The van der Waals surface area contributed by atoms with Gasteiger partial charge in [0.2, 0.25) is 0 Å². The molecule has 1 heterocycles. The van der Waals surface area contributed by atoms with E-state index in [0.29, 0.717) is 0 Å². The van der Waals surface area contributed by atoms with E-state index >= 15 is 0 Å². The highest BCUT2D eigenvalue weighted by molar-refractivity contribution is 5.87. The molecule has 0 saturated carbocycles. The van der Waals surface area contributed by atoms with Crippen LogP contribution in [0.1, 0.15) is 23.1 Å². The van der Waals surface area contributed by atoms with Crippen LogP contribution < -0.4 is 10.1 Å². The number of hydrogen-bond acceptors (Lipinski definition) is 3. The summed E-state index contributed by atoms with van der Waals surface area (Å²) >= 11 is 0. The quantitative estimate of drug-likeness (QED) is 0.751. The molecular formula is C20H16N2O. The van der Waals surface area contributed by atoms with Crippen molar-refractivity contribution in [2.24, 2.45) is 0 Å². The number of nitrogens with one attached hydrogen (secondary N) is 1. The van der Waals surface area contributed by atoms with Gasteiger partial charge < -0.3 is 10.1 Å². The molecule has 112 valence electrons. The molecule has 3 heteroatoms. The van der Waals surface area contributed by atoms with Crippen LogP contribution in [0.3, 0.4) is 0 Å². The Kier molecular flexibility index (Phi) is 3.17. The summed E-state index contributed by atoms with van der Waals surface area (Å²) in [6.07, 6.45) is 0. The first-order valence-corrected chi connectivity index (χ1v) is 7.63. The molecule has 3 aromatic rings. The van der Waals surface area contributed by atoms with Crippen molar-refractivity contribution in [2.45, 2.75) is 12.0 Å². The zero-order valence-electron chi connectivity index (χ0n) is 12.8. The average Bonchev–Trinajstić information content (AvgIpc) is 2.98. The molecule has 2 unspecified atom stereocenters. The third kappa shape index (κ3) is 2.11. The number of hydrogen-bond donors (Lipinski definition) is 1. The van der Waals surface area contributed by atoms with Crippen LogP contribution >= 0.6 is 0 Å². The Hall–Kier alpha value is -2.99. The highest BCUT2D eigenvalue weighted by Crippen LogP contribution is 2.46. The predicted octanol–water partition coefficient (Wildman–Crippen LogP) is 4.62. The number of nitrogens with zero attached hydrogens (tertiary/aromatic N) is 1. The minimum Gasteiger partial charge on any atom is -0.497 e. The van der Waals surface area contributed by atoms with Crippen LogP contribution in [-0.4, -0.2) is 7.11 Å². The van der Waals surface area contributed by atoms with Gasteiger partial charge in [-0.1, -0.05) is 48.5 Å². The molecule has 1 aliphatic rings. The van der Waals surface area contributed by atoms with Gasteiger partial charge in [0, 0.05) is 11.8 Å². The fourth-order valence-corrected chi connectivity index (χ4v) is 3.41. The molecule has 1 aliphatic heterocycles. The zero-order chi connectivity index (χ0) is 15.8. The van der Waals surface area contributed by atoms with Crippen molar-refractivity contribution < 1.29 is 4.74 Å². The molecule has 3 nitrogen and oxygen atoms in total. The summed E-state index contributed by atoms with van der Waals surface area (Å²) in [6, 6.07) is 22.8. The van der Waals surface area contributed by atoms with Crippen molar-refractivity contribution in [3.63, 3.8) is 0 Å². The van der Waals surface area contributed by atoms with Crippen LogP contribution in [0.4, 0.5) is 5.69 Å². The molecule has 0 spiro atoms. The standard InChI is InChI=1S/C20H16N2O/c1-23-14-9-10-16-18(12-21)20(22-19(16)11-14)17-8-4-6-13-5-2-3-7-15(13)17/h2-11,18,20,22H,1H3. The van der Waals surface area contributed by atoms with Crippen LogP contribution in [0.25, 0.3) is 10.8 Å². The average molecular weight is 300 g/mol. The normalized spacial score (nSPS) is 19.0. The summed E-state index contributed by atoms with van der Waals surface area (Å²) in [5.74, 6) is 0.591. The lowest BCUT2D eigenvalue weighted by molar-refractivity contribution is 0.415. The summed E-state index contributed by atoms with van der Waals surface area (Å²) in [4.78, 5) is 0. The van der Waals surface area contributed by atoms with Crippen molar-refractivity contribution in [1.29, 1.82) is 5.26 Å². The molecule has 0 radical (unpaired) electrons. The molecule has 4 rings (SSSR count). The van der Waals surface area contributed by atoms with Gasteiger partial charge in [-0.2, -0.15) is 5.26 Å². The van der Waals surface area contributed by atoms with E-state index in [-0.39, 0.29) is 12.0 Å². The lowest BCUT2D eigenvalue weighted by Gasteiger charge is -2.17. The second kappa shape index (κ2) is 5.33. The van der Waals surface area contributed by atoms with Gasteiger partial charge in [-0.05, 0) is 28.0 Å². The van der Waals surface area contributed by atoms with Gasteiger partial charge in [0.25, 0.3) is 0 Å². The molecule has 0 saturated heterocycles. The monoisotopic (exact) mass is 300 g/mol. The van der Waals surface area contributed by atoms with E-state index in [0.717, 1.165) is 22.6 Å². The van der Waals surface area contributed by atoms with Crippen molar-refractivity contribution in [3.8, 4) is 11.8 Å². The molecule has 0 aromatic heterocycles. The fourth-order valence-electron chi connectivity index (χ4n) is 3.41. The van der Waals surface area contributed by atoms with E-state index in [1.807, 2.05) is 30.3 Å². The first kappa shape index (κ1) is 13.7. The summed E-state index contributed by atoms with van der Waals surface area (Å²) in [7, 11) is 1.65. The number of fused-ring (bicyclic) bond motifs is 2. The molecular weight excluding hydrogens is 284 g/mol. The number of nitriles is 1. The van der Waals surface area contributed by atoms with Crippen molar-refractivity contribution >= 4 is 16.5 Å². The SMILES string of the molecule is COc1ccc2c(c1)NC(c1cccc3ccccc13)C2C#N. The smallest absolute Gasteiger partial charge is 0.120 e. The van der Waals surface area contributed by atoms with E-state index in [4.69, 9.17) is 4.74 Å². The number of benzene rings is 3. The van der Waals surface area contributed by atoms with Gasteiger partial charge in [0.1, 0.15) is 5.75 Å². The number of methoxy groups -OCH3 is 1. The van der Waals surface area contributed by atoms with Crippen LogP contribution in [0, 0.1) is 11.3 Å². The predicted molar refractivity (Wildman–Crippen MR) is 91.7 cm³/mol. The molecule has 0 aliphatic carbocycles. The van der Waals surface area contributed by atoms with E-state index in [1.165, 1.54) is 10.8 Å². The third-order valence-electron chi connectivity index (χ3n) is 4.54. The Morgan fingerprint density at radius 3 is 2.65 bits per heavy atom. The number of rotatable bonds is 2. The van der Waals surface area contributed by atoms with Gasteiger partial charge in [-0.15, -0.1) is 0 Å². The van der Waals surface area contributed by atoms with E-state index in [1.54, 1.807) is 7.11 Å². The lowest BCUT2D eigenvalue weighted by Crippen LogP contribution is -2.10. The van der Waals surface area contributed by atoms with Crippen LogP contribution in [-0.2, 0) is 0 Å². The Bertz CT molecular complexity index is 921. The van der Waals surface area contributed by atoms with Crippen LogP contribution in [0.5, 0.6) is 5.75 Å². The van der Waals surface area contributed by atoms with Crippen LogP contribution in [0.2, 0.25) is 0 Å². The molecule has 2 atom stereocenters. The minimum absolute atomic E-state index is 0.0480. The molecule has 0 fully saturated rings. The molecule has 1 N–H and O–H groups in total.